The third kappa shape index (κ3) is 21.3. The Kier molecular flexibility index (Phi) is 24.2. The van der Waals surface area contributed by atoms with Crippen molar-refractivity contribution in [1.29, 1.82) is 0 Å². The van der Waals surface area contributed by atoms with E-state index < -0.39 is 5.97 Å². The highest BCUT2D eigenvalue weighted by molar-refractivity contribution is 8.00. The lowest BCUT2D eigenvalue weighted by Gasteiger charge is -2.16. The summed E-state index contributed by atoms with van der Waals surface area (Å²) in [6.07, 6.45) is 4.25. The highest BCUT2D eigenvalue weighted by atomic mass is 32.2. The number of aromatic nitrogens is 3. The van der Waals surface area contributed by atoms with E-state index >= 15 is 0 Å². The molecule has 21 nitrogen and oxygen atoms in total. The molecular formula is C34H58N10O11S. The van der Waals surface area contributed by atoms with Gasteiger partial charge in [0.2, 0.25) is 29.7 Å². The van der Waals surface area contributed by atoms with Gasteiger partial charge in [0.1, 0.15) is 6.73 Å². The summed E-state index contributed by atoms with van der Waals surface area (Å²) in [7, 11) is 0. The first kappa shape index (κ1) is 46.3. The molecule has 0 bridgehead atoms. The molecule has 2 saturated heterocycles. The number of hydrogen-bond acceptors (Lipinski definition) is 17. The maximum absolute atomic E-state index is 12.2. The van der Waals surface area contributed by atoms with Gasteiger partial charge >= 0.3 is 12.0 Å². The summed E-state index contributed by atoms with van der Waals surface area (Å²) in [5, 5.41) is 29.7. The molecular weight excluding hydrogens is 756 g/mol. The van der Waals surface area contributed by atoms with Crippen LogP contribution in [0.2, 0.25) is 0 Å². The number of amides is 4. The lowest BCUT2D eigenvalue weighted by molar-refractivity contribution is -0.138. The first-order valence-electron chi connectivity index (χ1n) is 18.9. The number of ether oxygens (including phenoxy) is 6. The zero-order chi connectivity index (χ0) is 40.1. The van der Waals surface area contributed by atoms with Crippen LogP contribution < -0.4 is 37.2 Å². The van der Waals surface area contributed by atoms with Crippen molar-refractivity contribution in [1.82, 2.24) is 36.2 Å². The van der Waals surface area contributed by atoms with Crippen LogP contribution in [0.3, 0.4) is 0 Å². The molecule has 316 valence electrons. The SMILES string of the molecule is C=CC(=O)NCCOCCOCCNc1nc(NCCOCCOCCC(=O)O)nc(NCCOCCOCNC(=O)CCCC[C@@H]2SC[C@@H]3NC(=O)N[C@@H]32)n1. The summed E-state index contributed by atoms with van der Waals surface area (Å²) in [5.74, 6) is 0.686. The van der Waals surface area contributed by atoms with Crippen molar-refractivity contribution in [3.8, 4) is 0 Å². The van der Waals surface area contributed by atoms with Gasteiger partial charge in [0.25, 0.3) is 0 Å². The average Bonchev–Trinajstić information content (AvgIpc) is 3.74. The fraction of sp³-hybridized carbons (Fsp3) is 0.735. The fourth-order valence-corrected chi connectivity index (χ4v) is 6.77. The van der Waals surface area contributed by atoms with Crippen LogP contribution in [0.4, 0.5) is 22.6 Å². The van der Waals surface area contributed by atoms with Gasteiger partial charge in [-0.3, -0.25) is 14.4 Å². The van der Waals surface area contributed by atoms with E-state index in [1.165, 1.54) is 6.08 Å². The number of rotatable bonds is 35. The normalized spacial score (nSPS) is 17.1. The molecule has 4 amide bonds. The van der Waals surface area contributed by atoms with Gasteiger partial charge in [0.15, 0.2) is 0 Å². The molecule has 0 saturated carbocycles. The molecule has 8 N–H and O–H groups in total. The van der Waals surface area contributed by atoms with Crippen molar-refractivity contribution in [2.24, 2.45) is 0 Å². The summed E-state index contributed by atoms with van der Waals surface area (Å²) >= 11 is 1.87. The molecule has 1 aromatic heterocycles. The van der Waals surface area contributed by atoms with Crippen molar-refractivity contribution >= 4 is 53.4 Å². The number of nitrogens with one attached hydrogen (secondary N) is 7. The Labute approximate surface area is 331 Å². The van der Waals surface area contributed by atoms with Crippen LogP contribution in [0, 0.1) is 0 Å². The Bertz CT molecular complexity index is 1320. The molecule has 0 aromatic carbocycles. The van der Waals surface area contributed by atoms with Crippen LogP contribution in [0.1, 0.15) is 32.1 Å². The third-order valence-electron chi connectivity index (χ3n) is 7.98. The molecule has 0 unspecified atom stereocenters. The van der Waals surface area contributed by atoms with Gasteiger partial charge in [-0.25, -0.2) is 4.79 Å². The Hall–Kier alpha value is -4.06. The summed E-state index contributed by atoms with van der Waals surface area (Å²) in [6.45, 7) is 8.71. The van der Waals surface area contributed by atoms with Gasteiger partial charge in [-0.2, -0.15) is 26.7 Å². The molecule has 3 atom stereocenters. The minimum absolute atomic E-state index is 0.0553. The Morgan fingerprint density at radius 1 is 0.714 bits per heavy atom. The number of unbranched alkanes of at least 4 members (excludes halogenated alkanes) is 1. The van der Waals surface area contributed by atoms with Crippen LogP contribution in [0.15, 0.2) is 12.7 Å². The first-order chi connectivity index (χ1) is 27.3. The molecule has 2 aliphatic rings. The van der Waals surface area contributed by atoms with Crippen molar-refractivity contribution in [3.63, 3.8) is 0 Å². The third-order valence-corrected chi connectivity index (χ3v) is 9.49. The van der Waals surface area contributed by atoms with Crippen LogP contribution >= 0.6 is 11.8 Å². The highest BCUT2D eigenvalue weighted by Gasteiger charge is 2.42. The van der Waals surface area contributed by atoms with Crippen molar-refractivity contribution in [2.45, 2.75) is 49.4 Å². The van der Waals surface area contributed by atoms with Crippen molar-refractivity contribution in [2.75, 3.05) is 127 Å². The number of aliphatic carboxylic acids is 1. The van der Waals surface area contributed by atoms with Gasteiger partial charge in [-0.05, 0) is 18.9 Å². The second-order valence-corrected chi connectivity index (χ2v) is 13.6. The standard InChI is InChI=1S/C34H58N10O11S/c1-2-27(45)35-8-13-51-19-20-53-15-10-37-32-42-31(36-9-14-52-18-17-50-12-7-29(47)48)43-33(44-32)38-11-16-54-21-22-55-24-39-28(46)6-4-3-5-26-30-25(23-56-26)40-34(49)41-30/h2,25-26,30H,1,3-24H2,(H,35,45)(H,39,46)(H,47,48)(H2,40,41,49)(H3,36,37,38,42,43,44)/t25-,26-,30-/m0/s1. The number of carboxylic acid groups (broad SMARTS) is 1. The van der Waals surface area contributed by atoms with E-state index in [9.17, 15) is 19.2 Å². The van der Waals surface area contributed by atoms with E-state index in [2.05, 4.69) is 58.7 Å². The van der Waals surface area contributed by atoms with Crippen LogP contribution in [-0.2, 0) is 42.8 Å². The summed E-state index contributed by atoms with van der Waals surface area (Å²) in [4.78, 5) is 58.6. The number of urea groups is 1. The fourth-order valence-electron chi connectivity index (χ4n) is 5.23. The number of carboxylic acids is 1. The Morgan fingerprint density at radius 2 is 1.25 bits per heavy atom. The van der Waals surface area contributed by atoms with Gasteiger partial charge in [-0.1, -0.05) is 13.0 Å². The predicted octanol–water partition coefficient (Wildman–Crippen LogP) is -0.217. The number of fused-ring (bicyclic) bond motifs is 1. The van der Waals surface area contributed by atoms with Crippen molar-refractivity contribution in [3.05, 3.63) is 12.7 Å². The van der Waals surface area contributed by atoms with E-state index in [0.717, 1.165) is 25.0 Å². The number of carbonyl (C=O) groups excluding carboxylic acids is 3. The zero-order valence-corrected chi connectivity index (χ0v) is 32.7. The molecule has 2 aliphatic heterocycles. The highest BCUT2D eigenvalue weighted by Crippen LogP contribution is 2.33. The molecule has 1 aromatic rings. The van der Waals surface area contributed by atoms with Crippen LogP contribution in [0.25, 0.3) is 0 Å². The van der Waals surface area contributed by atoms with Crippen LogP contribution in [0.5, 0.6) is 0 Å². The maximum atomic E-state index is 12.2. The van der Waals surface area contributed by atoms with Crippen LogP contribution in [-0.4, -0.2) is 173 Å². The smallest absolute Gasteiger partial charge is 0.315 e. The molecule has 2 fully saturated rings. The van der Waals surface area contributed by atoms with Crippen molar-refractivity contribution < 1.29 is 52.7 Å². The second kappa shape index (κ2) is 29.2. The van der Waals surface area contributed by atoms with E-state index in [1.807, 2.05) is 11.8 Å². The van der Waals surface area contributed by atoms with Gasteiger partial charge in [-0.15, -0.1) is 0 Å². The number of carbonyl (C=O) groups is 4. The van der Waals surface area contributed by atoms with E-state index in [1.54, 1.807) is 0 Å². The Balaban J connectivity index is 1.25. The molecule has 0 spiro atoms. The monoisotopic (exact) mass is 814 g/mol. The lowest BCUT2D eigenvalue weighted by atomic mass is 10.0. The van der Waals surface area contributed by atoms with Gasteiger partial charge in [0, 0.05) is 43.6 Å². The molecule has 3 heterocycles. The molecule has 3 rings (SSSR count). The summed E-state index contributed by atoms with van der Waals surface area (Å²) in [5.41, 5.74) is 0. The number of thioether (sulfide) groups is 1. The largest absolute Gasteiger partial charge is 0.481 e. The maximum Gasteiger partial charge on any atom is 0.315 e. The molecule has 0 radical (unpaired) electrons. The quantitative estimate of drug-likeness (QED) is 0.0191. The van der Waals surface area contributed by atoms with E-state index in [-0.39, 0.29) is 56.3 Å². The summed E-state index contributed by atoms with van der Waals surface area (Å²) < 4.78 is 32.8. The minimum atomic E-state index is -0.912. The lowest BCUT2D eigenvalue weighted by Crippen LogP contribution is -2.36. The Morgan fingerprint density at radius 3 is 1.80 bits per heavy atom. The minimum Gasteiger partial charge on any atom is -0.481 e. The molecule has 0 aliphatic carbocycles. The molecule has 22 heteroatoms. The number of anilines is 3. The number of nitrogens with zero attached hydrogens (tertiary/aromatic N) is 3. The zero-order valence-electron chi connectivity index (χ0n) is 31.9. The predicted molar refractivity (Wildman–Crippen MR) is 208 cm³/mol. The second-order valence-electron chi connectivity index (χ2n) is 12.3. The topological polar surface area (TPSA) is 267 Å². The van der Waals surface area contributed by atoms with E-state index in [0.29, 0.717) is 115 Å². The summed E-state index contributed by atoms with van der Waals surface area (Å²) in [6, 6.07) is 0.312. The molecule has 56 heavy (non-hydrogen) atoms. The number of hydrogen-bond donors (Lipinski definition) is 8. The van der Waals surface area contributed by atoms with E-state index in [4.69, 9.17) is 33.5 Å². The average molecular weight is 815 g/mol. The van der Waals surface area contributed by atoms with Gasteiger partial charge < -0.3 is 70.7 Å². The van der Waals surface area contributed by atoms with Gasteiger partial charge in [0.05, 0.1) is 91.2 Å². The first-order valence-corrected chi connectivity index (χ1v) is 19.9.